The molecule has 1 rings (SSSR count). The summed E-state index contributed by atoms with van der Waals surface area (Å²) >= 11 is 0. The summed E-state index contributed by atoms with van der Waals surface area (Å²) in [6.07, 6.45) is 1.32. The number of methoxy groups -OCH3 is 2. The van der Waals surface area contributed by atoms with Gasteiger partial charge in [0.25, 0.3) is 0 Å². The third-order valence-electron chi connectivity index (χ3n) is 4.36. The highest BCUT2D eigenvalue weighted by atomic mass is 31.2. The second-order valence-corrected chi connectivity index (χ2v) is 11.7. The first-order chi connectivity index (χ1) is 11.5. The number of benzene rings is 1. The minimum Gasteiger partial charge on any atom is -0.496 e. The van der Waals surface area contributed by atoms with Crippen molar-refractivity contribution in [3.8, 4) is 11.5 Å². The van der Waals surface area contributed by atoms with Crippen LogP contribution in [0, 0.1) is 11.3 Å². The normalized spacial score (nSPS) is 15.6. The number of rotatable bonds is 8. The fraction of sp³-hybridized carbons (Fsp3) is 0.650. The van der Waals surface area contributed by atoms with E-state index in [9.17, 15) is 9.36 Å². The standard InChI is InChI=1S/C20H33O4P/c1-14(2)25(22,13-15(3)12-20(4,5)6)19(21)18-16(23-7)10-9-11-17(18)24-8/h9-11,14-15H,12-13H2,1-8H3. The van der Waals surface area contributed by atoms with Gasteiger partial charge in [-0.05, 0) is 29.9 Å². The molecular weight excluding hydrogens is 335 g/mol. The lowest BCUT2D eigenvalue weighted by molar-refractivity contribution is 0.106. The van der Waals surface area contributed by atoms with Crippen molar-refractivity contribution in [1.29, 1.82) is 0 Å². The Kier molecular flexibility index (Phi) is 7.31. The zero-order valence-electron chi connectivity index (χ0n) is 16.9. The molecule has 1 aromatic rings. The highest BCUT2D eigenvalue weighted by Crippen LogP contribution is 2.57. The Balaban J connectivity index is 3.32. The average molecular weight is 368 g/mol. The molecule has 0 N–H and O–H groups in total. The molecule has 0 aliphatic rings. The maximum Gasteiger partial charge on any atom is 0.229 e. The molecule has 0 saturated heterocycles. The third-order valence-corrected chi connectivity index (χ3v) is 8.11. The van der Waals surface area contributed by atoms with Gasteiger partial charge in [0.15, 0.2) is 7.14 Å². The maximum absolute atomic E-state index is 13.8. The van der Waals surface area contributed by atoms with Gasteiger partial charge in [0.1, 0.15) is 17.1 Å². The molecule has 0 saturated carbocycles. The fourth-order valence-electron chi connectivity index (χ4n) is 3.35. The molecule has 4 nitrogen and oxygen atoms in total. The van der Waals surface area contributed by atoms with Crippen molar-refractivity contribution in [1.82, 2.24) is 0 Å². The Hall–Kier alpha value is -1.28. The van der Waals surface area contributed by atoms with Gasteiger partial charge in [-0.1, -0.05) is 47.6 Å². The van der Waals surface area contributed by atoms with Crippen molar-refractivity contribution in [2.75, 3.05) is 20.4 Å². The van der Waals surface area contributed by atoms with Crippen LogP contribution in [0.15, 0.2) is 18.2 Å². The lowest BCUT2D eigenvalue weighted by Gasteiger charge is -2.29. The summed E-state index contributed by atoms with van der Waals surface area (Å²) in [4.78, 5) is 13.3. The molecule has 142 valence electrons. The first-order valence-corrected chi connectivity index (χ1v) is 10.8. The van der Waals surface area contributed by atoms with Crippen molar-refractivity contribution in [2.24, 2.45) is 11.3 Å². The van der Waals surface area contributed by atoms with E-state index in [4.69, 9.17) is 9.47 Å². The van der Waals surface area contributed by atoms with Gasteiger partial charge in [-0.25, -0.2) is 0 Å². The van der Waals surface area contributed by atoms with Crippen LogP contribution in [-0.4, -0.2) is 31.6 Å². The SMILES string of the molecule is COc1cccc(OC)c1C(=O)P(=O)(CC(C)CC(C)(C)C)C(C)C. The van der Waals surface area contributed by atoms with Gasteiger partial charge in [0.2, 0.25) is 5.52 Å². The van der Waals surface area contributed by atoms with Crippen LogP contribution in [0.1, 0.15) is 58.3 Å². The minimum absolute atomic E-state index is 0.131. The lowest BCUT2D eigenvalue weighted by Crippen LogP contribution is -2.20. The van der Waals surface area contributed by atoms with Crippen LogP contribution in [0.5, 0.6) is 11.5 Å². The first-order valence-electron chi connectivity index (χ1n) is 8.81. The van der Waals surface area contributed by atoms with Crippen molar-refractivity contribution in [3.63, 3.8) is 0 Å². The summed E-state index contributed by atoms with van der Waals surface area (Å²) in [6, 6.07) is 5.18. The van der Waals surface area contributed by atoms with E-state index in [1.165, 1.54) is 14.2 Å². The Morgan fingerprint density at radius 2 is 1.56 bits per heavy atom. The average Bonchev–Trinajstić information content (AvgIpc) is 2.50. The lowest BCUT2D eigenvalue weighted by atomic mass is 9.86. The summed E-state index contributed by atoms with van der Waals surface area (Å²) < 4.78 is 24.5. The van der Waals surface area contributed by atoms with Gasteiger partial charge in [0, 0.05) is 11.8 Å². The van der Waals surface area contributed by atoms with Gasteiger partial charge in [-0.3, -0.25) is 4.79 Å². The molecule has 2 unspecified atom stereocenters. The van der Waals surface area contributed by atoms with Crippen LogP contribution < -0.4 is 9.47 Å². The second kappa shape index (κ2) is 8.40. The summed E-state index contributed by atoms with van der Waals surface area (Å²) in [5.74, 6) is 1.01. The highest BCUT2D eigenvalue weighted by Gasteiger charge is 2.40. The van der Waals surface area contributed by atoms with Crippen LogP contribution in [0.25, 0.3) is 0 Å². The molecule has 0 heterocycles. The topological polar surface area (TPSA) is 52.6 Å². The largest absolute Gasteiger partial charge is 0.496 e. The predicted molar refractivity (Wildman–Crippen MR) is 105 cm³/mol. The molecule has 0 bridgehead atoms. The van der Waals surface area contributed by atoms with E-state index < -0.39 is 7.14 Å². The highest BCUT2D eigenvalue weighted by molar-refractivity contribution is 7.81. The molecule has 0 spiro atoms. The fourth-order valence-corrected chi connectivity index (χ4v) is 6.06. The number of carbonyl (C=O) groups excluding carboxylic acids is 1. The van der Waals surface area contributed by atoms with E-state index in [2.05, 4.69) is 27.7 Å². The van der Waals surface area contributed by atoms with Crippen LogP contribution >= 0.6 is 7.14 Å². The monoisotopic (exact) mass is 368 g/mol. The Morgan fingerprint density at radius 3 is 1.92 bits per heavy atom. The molecule has 0 fully saturated rings. The second-order valence-electron chi connectivity index (χ2n) is 8.28. The van der Waals surface area contributed by atoms with E-state index in [-0.39, 0.29) is 22.5 Å². The van der Waals surface area contributed by atoms with Gasteiger partial charge in [0.05, 0.1) is 14.2 Å². The molecule has 25 heavy (non-hydrogen) atoms. The van der Waals surface area contributed by atoms with E-state index in [0.717, 1.165) is 6.42 Å². The molecule has 0 amide bonds. The van der Waals surface area contributed by atoms with E-state index in [1.54, 1.807) is 18.2 Å². The zero-order chi connectivity index (χ0) is 19.4. The minimum atomic E-state index is -3.13. The smallest absolute Gasteiger partial charge is 0.229 e. The van der Waals surface area contributed by atoms with Crippen molar-refractivity contribution in [2.45, 2.75) is 53.6 Å². The molecule has 5 heteroatoms. The quantitative estimate of drug-likeness (QED) is 0.553. The molecule has 0 aromatic heterocycles. The van der Waals surface area contributed by atoms with Crippen molar-refractivity contribution < 1.29 is 18.8 Å². The maximum atomic E-state index is 13.8. The van der Waals surface area contributed by atoms with Crippen LogP contribution in [0.2, 0.25) is 0 Å². The summed E-state index contributed by atoms with van der Waals surface area (Å²) in [5.41, 5.74) is -0.131. The van der Waals surface area contributed by atoms with Crippen LogP contribution in [0.3, 0.4) is 0 Å². The molecule has 0 aliphatic carbocycles. The zero-order valence-corrected chi connectivity index (χ0v) is 17.8. The molecule has 0 radical (unpaired) electrons. The molecule has 1 aromatic carbocycles. The number of hydrogen-bond acceptors (Lipinski definition) is 4. The number of carbonyl (C=O) groups is 1. The summed E-state index contributed by atoms with van der Waals surface area (Å²) in [6.45, 7) is 12.3. The summed E-state index contributed by atoms with van der Waals surface area (Å²) in [5, 5.41) is 0. The van der Waals surface area contributed by atoms with Gasteiger partial charge in [-0.2, -0.15) is 0 Å². The first kappa shape index (κ1) is 21.8. The predicted octanol–water partition coefficient (Wildman–Crippen LogP) is 5.69. The van der Waals surface area contributed by atoms with E-state index >= 15 is 0 Å². The van der Waals surface area contributed by atoms with Gasteiger partial charge >= 0.3 is 0 Å². The molecule has 2 atom stereocenters. The molecule has 0 aliphatic heterocycles. The number of hydrogen-bond donors (Lipinski definition) is 0. The van der Waals surface area contributed by atoms with Crippen molar-refractivity contribution >= 4 is 12.7 Å². The van der Waals surface area contributed by atoms with Crippen molar-refractivity contribution in [3.05, 3.63) is 23.8 Å². The van der Waals surface area contributed by atoms with E-state index in [1.807, 2.05) is 13.8 Å². The third kappa shape index (κ3) is 5.34. The van der Waals surface area contributed by atoms with Crippen LogP contribution in [0.4, 0.5) is 0 Å². The van der Waals surface area contributed by atoms with Crippen LogP contribution in [-0.2, 0) is 4.57 Å². The number of ether oxygens (including phenoxy) is 2. The van der Waals surface area contributed by atoms with Gasteiger partial charge < -0.3 is 14.0 Å². The van der Waals surface area contributed by atoms with E-state index in [0.29, 0.717) is 23.2 Å². The summed E-state index contributed by atoms with van der Waals surface area (Å²) in [7, 11) is -0.110. The molecular formula is C20H33O4P. The van der Waals surface area contributed by atoms with Gasteiger partial charge in [-0.15, -0.1) is 0 Å². The Labute approximate surface area is 152 Å². The Morgan fingerprint density at radius 1 is 1.08 bits per heavy atom. The Bertz CT molecular complexity index is 621.